The number of fused-ring (bicyclic) bond motifs is 2. The van der Waals surface area contributed by atoms with Crippen molar-refractivity contribution in [2.75, 3.05) is 0 Å². The van der Waals surface area contributed by atoms with Crippen molar-refractivity contribution < 1.29 is 0 Å². The lowest BCUT2D eigenvalue weighted by molar-refractivity contribution is 0.699. The zero-order valence-corrected chi connectivity index (χ0v) is 17.3. The maximum Gasteiger partial charge on any atom is 0.0591 e. The minimum Gasteiger partial charge on any atom is -0.118 e. The van der Waals surface area contributed by atoms with Crippen LogP contribution in [-0.4, -0.2) is 0 Å². The fourth-order valence-corrected chi connectivity index (χ4v) is 4.39. The van der Waals surface area contributed by atoms with Crippen LogP contribution in [0.25, 0.3) is 21.5 Å². The lowest BCUT2D eigenvalue weighted by Crippen LogP contribution is -1.98. The molecular weight excluding hydrogens is 359 g/mol. The van der Waals surface area contributed by atoms with E-state index in [1.54, 1.807) is 0 Å². The largest absolute Gasteiger partial charge is 0.118 e. The maximum absolute atomic E-state index is 6.80. The lowest BCUT2D eigenvalue weighted by atomic mass is 9.91. The first kappa shape index (κ1) is 19.5. The Balaban J connectivity index is 2.16. The van der Waals surface area contributed by atoms with E-state index in [-0.39, 0.29) is 10.8 Å². The molecule has 0 bridgehead atoms. The van der Waals surface area contributed by atoms with Crippen molar-refractivity contribution in [2.24, 2.45) is 0 Å². The number of benzene rings is 3. The summed E-state index contributed by atoms with van der Waals surface area (Å²) in [5.74, 6) is 0. The highest BCUT2D eigenvalue weighted by molar-refractivity contribution is 6.23. The van der Waals surface area contributed by atoms with Gasteiger partial charge in [-0.05, 0) is 57.6 Å². The molecule has 0 fully saturated rings. The van der Waals surface area contributed by atoms with Crippen LogP contribution in [0.2, 0.25) is 0 Å². The van der Waals surface area contributed by atoms with E-state index < -0.39 is 0 Å². The molecule has 0 saturated carbocycles. The Hall–Kier alpha value is -1.24. The van der Waals surface area contributed by atoms with E-state index >= 15 is 0 Å². The average Bonchev–Trinajstić information content (AvgIpc) is 2.67. The summed E-state index contributed by atoms with van der Waals surface area (Å²) in [6.45, 7) is 4.42. The van der Waals surface area contributed by atoms with Crippen LogP contribution in [0.1, 0.15) is 74.3 Å². The summed E-state index contributed by atoms with van der Waals surface area (Å²) in [6.07, 6.45) is 6.67. The van der Waals surface area contributed by atoms with Gasteiger partial charge in [0.25, 0.3) is 0 Å². The highest BCUT2D eigenvalue weighted by Gasteiger charge is 2.17. The van der Waals surface area contributed by atoms with Gasteiger partial charge in [-0.25, -0.2) is 0 Å². The van der Waals surface area contributed by atoms with Crippen LogP contribution in [0.3, 0.4) is 0 Å². The third-order valence-electron chi connectivity index (χ3n) is 5.25. The van der Waals surface area contributed by atoms with Gasteiger partial charge < -0.3 is 0 Å². The first-order chi connectivity index (χ1) is 12.7. The van der Waals surface area contributed by atoms with E-state index in [1.807, 2.05) is 0 Å². The van der Waals surface area contributed by atoms with Crippen molar-refractivity contribution in [1.29, 1.82) is 0 Å². The van der Waals surface area contributed by atoms with E-state index in [1.165, 1.54) is 45.5 Å². The van der Waals surface area contributed by atoms with Crippen molar-refractivity contribution in [1.82, 2.24) is 0 Å². The molecular formula is C24H28Cl2. The first-order valence-electron chi connectivity index (χ1n) is 9.89. The van der Waals surface area contributed by atoms with Gasteiger partial charge in [0.15, 0.2) is 0 Å². The third kappa shape index (κ3) is 4.18. The Morgan fingerprint density at radius 3 is 1.50 bits per heavy atom. The second-order valence-electron chi connectivity index (χ2n) is 7.21. The zero-order chi connectivity index (χ0) is 18.5. The van der Waals surface area contributed by atoms with Gasteiger partial charge in [0, 0.05) is 0 Å². The van der Waals surface area contributed by atoms with Gasteiger partial charge in [0.2, 0.25) is 0 Å². The molecule has 3 rings (SSSR count). The smallest absolute Gasteiger partial charge is 0.0591 e. The Morgan fingerprint density at radius 2 is 1.12 bits per heavy atom. The molecule has 2 unspecified atom stereocenters. The van der Waals surface area contributed by atoms with Crippen molar-refractivity contribution in [3.8, 4) is 0 Å². The normalized spacial score (nSPS) is 14.0. The molecule has 26 heavy (non-hydrogen) atoms. The quantitative estimate of drug-likeness (QED) is 0.267. The fourth-order valence-electron chi connectivity index (χ4n) is 3.70. The van der Waals surface area contributed by atoms with Crippen LogP contribution in [0, 0.1) is 0 Å². The minimum absolute atomic E-state index is 0.0529. The van der Waals surface area contributed by atoms with Crippen molar-refractivity contribution >= 4 is 44.7 Å². The molecule has 0 N–H and O–H groups in total. The monoisotopic (exact) mass is 386 g/mol. The average molecular weight is 387 g/mol. The van der Waals surface area contributed by atoms with Gasteiger partial charge in [0.05, 0.1) is 10.8 Å². The number of hydrogen-bond acceptors (Lipinski definition) is 0. The molecule has 0 aliphatic heterocycles. The summed E-state index contributed by atoms with van der Waals surface area (Å²) in [7, 11) is 0. The maximum atomic E-state index is 6.80. The second-order valence-corrected chi connectivity index (χ2v) is 8.26. The summed E-state index contributed by atoms with van der Waals surface area (Å²) in [4.78, 5) is 0. The molecule has 0 amide bonds. The molecule has 138 valence electrons. The molecule has 2 heteroatoms. The van der Waals surface area contributed by atoms with Crippen LogP contribution in [0.15, 0.2) is 48.5 Å². The third-order valence-corrected chi connectivity index (χ3v) is 6.15. The van der Waals surface area contributed by atoms with E-state index in [0.717, 1.165) is 25.7 Å². The van der Waals surface area contributed by atoms with Gasteiger partial charge in [-0.15, -0.1) is 23.2 Å². The molecule has 0 heterocycles. The number of rotatable bonds is 8. The molecule has 0 aliphatic rings. The van der Waals surface area contributed by atoms with Crippen LogP contribution < -0.4 is 0 Å². The second kappa shape index (κ2) is 9.11. The molecule has 0 aromatic heterocycles. The van der Waals surface area contributed by atoms with Crippen molar-refractivity contribution in [3.63, 3.8) is 0 Å². The van der Waals surface area contributed by atoms with Gasteiger partial charge in [0.1, 0.15) is 0 Å². The lowest BCUT2D eigenvalue weighted by Gasteiger charge is -2.19. The van der Waals surface area contributed by atoms with Crippen LogP contribution in [0.4, 0.5) is 0 Å². The van der Waals surface area contributed by atoms with E-state index in [4.69, 9.17) is 23.2 Å². The Kier molecular flexibility index (Phi) is 6.84. The molecule has 2 atom stereocenters. The number of unbranched alkanes of at least 4 members (excludes halogenated alkanes) is 2. The van der Waals surface area contributed by atoms with E-state index in [0.29, 0.717) is 0 Å². The molecule has 0 saturated heterocycles. The summed E-state index contributed by atoms with van der Waals surface area (Å²) in [5, 5.41) is 5.16. The zero-order valence-electron chi connectivity index (χ0n) is 15.8. The summed E-state index contributed by atoms with van der Waals surface area (Å²) in [6, 6.07) is 17.6. The summed E-state index contributed by atoms with van der Waals surface area (Å²) < 4.78 is 0. The summed E-state index contributed by atoms with van der Waals surface area (Å²) in [5.41, 5.74) is 2.48. The minimum atomic E-state index is 0.0529. The van der Waals surface area contributed by atoms with Gasteiger partial charge in [-0.3, -0.25) is 0 Å². The SMILES string of the molecule is CCCCC(Cl)c1ccc(C(Cl)CCCC)c2cc3ccccc3cc12. The van der Waals surface area contributed by atoms with Crippen molar-refractivity contribution in [3.05, 3.63) is 59.7 Å². The predicted molar refractivity (Wildman–Crippen MR) is 118 cm³/mol. The first-order valence-corrected chi connectivity index (χ1v) is 10.8. The number of alkyl halides is 2. The van der Waals surface area contributed by atoms with E-state index in [9.17, 15) is 0 Å². The van der Waals surface area contributed by atoms with Crippen LogP contribution in [-0.2, 0) is 0 Å². The molecule has 3 aromatic rings. The molecule has 3 aromatic carbocycles. The topological polar surface area (TPSA) is 0 Å². The molecule has 0 aliphatic carbocycles. The van der Waals surface area contributed by atoms with Gasteiger partial charge >= 0.3 is 0 Å². The number of halogens is 2. The molecule has 0 radical (unpaired) electrons. The Labute approximate surface area is 167 Å². The van der Waals surface area contributed by atoms with Crippen LogP contribution in [0.5, 0.6) is 0 Å². The fraction of sp³-hybridized carbons (Fsp3) is 0.417. The van der Waals surface area contributed by atoms with Crippen LogP contribution >= 0.6 is 23.2 Å². The Bertz CT molecular complexity index is 797. The Morgan fingerprint density at radius 1 is 0.692 bits per heavy atom. The summed E-state index contributed by atoms with van der Waals surface area (Å²) >= 11 is 13.6. The highest BCUT2D eigenvalue weighted by atomic mass is 35.5. The van der Waals surface area contributed by atoms with E-state index in [2.05, 4.69) is 62.4 Å². The molecule has 0 nitrogen and oxygen atoms in total. The standard InChI is InChI=1S/C24H28Cl2/c1-3-5-11-23(25)19-13-14-20(24(26)12-6-4-2)22-16-18-10-8-7-9-17(18)15-21(19)22/h7-10,13-16,23-24H,3-6,11-12H2,1-2H3. The predicted octanol–water partition coefficient (Wildman–Crippen LogP) is 8.93. The molecule has 0 spiro atoms. The van der Waals surface area contributed by atoms with Crippen molar-refractivity contribution in [2.45, 2.75) is 63.1 Å². The number of hydrogen-bond donors (Lipinski definition) is 0. The van der Waals surface area contributed by atoms with Gasteiger partial charge in [-0.1, -0.05) is 75.9 Å². The highest BCUT2D eigenvalue weighted by Crippen LogP contribution is 2.39. The van der Waals surface area contributed by atoms with Gasteiger partial charge in [-0.2, -0.15) is 0 Å².